The van der Waals surface area contributed by atoms with Crippen molar-refractivity contribution in [2.75, 3.05) is 4.72 Å². The maximum absolute atomic E-state index is 12.5. The molecule has 29 heavy (non-hydrogen) atoms. The lowest BCUT2D eigenvalue weighted by Gasteiger charge is -2.20. The van der Waals surface area contributed by atoms with Crippen LogP contribution >= 0.6 is 0 Å². The number of amides is 1. The fourth-order valence-electron chi connectivity index (χ4n) is 3.79. The molecule has 0 aliphatic carbocycles. The van der Waals surface area contributed by atoms with Crippen molar-refractivity contribution in [3.63, 3.8) is 0 Å². The van der Waals surface area contributed by atoms with Crippen LogP contribution < -0.4 is 15.4 Å². The van der Waals surface area contributed by atoms with Crippen molar-refractivity contribution in [2.45, 2.75) is 42.9 Å². The highest BCUT2D eigenvalue weighted by Crippen LogP contribution is 2.30. The van der Waals surface area contributed by atoms with E-state index >= 15 is 0 Å². The predicted molar refractivity (Wildman–Crippen MR) is 98.6 cm³/mol. The lowest BCUT2D eigenvalue weighted by molar-refractivity contribution is -0.0429. The molecule has 0 radical (unpaired) electrons. The minimum absolute atomic E-state index is 0.0369. The van der Waals surface area contributed by atoms with E-state index in [0.717, 1.165) is 19.3 Å². The first kappa shape index (κ1) is 19.8. The van der Waals surface area contributed by atoms with Gasteiger partial charge < -0.3 is 15.1 Å². The van der Waals surface area contributed by atoms with Crippen LogP contribution in [-0.2, 0) is 10.0 Å². The lowest BCUT2D eigenvalue weighted by atomic mass is 9.95. The first-order valence-electron chi connectivity index (χ1n) is 8.99. The molecular weight excluding hydrogens is 411 g/mol. The monoisotopic (exact) mass is 429 g/mol. The zero-order valence-corrected chi connectivity index (χ0v) is 15.8. The number of rotatable bonds is 5. The first-order valence-corrected chi connectivity index (χ1v) is 10.5. The Morgan fingerprint density at radius 3 is 2.62 bits per heavy atom. The third kappa shape index (κ3) is 3.97. The Balaban J connectivity index is 1.47. The number of alkyl halides is 3. The Morgan fingerprint density at radius 1 is 1.17 bits per heavy atom. The van der Waals surface area contributed by atoms with E-state index in [1.54, 1.807) is 0 Å². The zero-order valence-electron chi connectivity index (χ0n) is 15.0. The number of hydrogen-bond donors (Lipinski definition) is 3. The van der Waals surface area contributed by atoms with E-state index in [-0.39, 0.29) is 35.2 Å². The van der Waals surface area contributed by atoms with Gasteiger partial charge in [0.2, 0.25) is 0 Å². The van der Waals surface area contributed by atoms with Crippen LogP contribution in [0.25, 0.3) is 11.3 Å². The molecule has 2 bridgehead atoms. The van der Waals surface area contributed by atoms with Gasteiger partial charge in [0.05, 0.1) is 0 Å². The number of fused-ring (bicyclic) bond motifs is 2. The van der Waals surface area contributed by atoms with Gasteiger partial charge in [-0.2, -0.15) is 21.6 Å². The smallest absolute Gasteiger partial charge is 0.451 e. The highest BCUT2D eigenvalue weighted by molar-refractivity contribution is 7.93. The topological polar surface area (TPSA) is 100 Å². The Kier molecular flexibility index (Phi) is 4.82. The number of sulfonamides is 1. The molecule has 3 N–H and O–H groups in total. The van der Waals surface area contributed by atoms with Gasteiger partial charge in [-0.3, -0.25) is 9.52 Å². The summed E-state index contributed by atoms with van der Waals surface area (Å²) in [7, 11) is -5.53. The number of hydrogen-bond acceptors (Lipinski definition) is 5. The highest BCUT2D eigenvalue weighted by Gasteiger charge is 2.46. The average Bonchev–Trinajstić information content (AvgIpc) is 3.37. The van der Waals surface area contributed by atoms with Crippen molar-refractivity contribution < 1.29 is 30.8 Å². The molecule has 2 aliphatic heterocycles. The van der Waals surface area contributed by atoms with E-state index in [2.05, 4.69) is 10.6 Å². The summed E-state index contributed by atoms with van der Waals surface area (Å²) in [5.74, 6) is -0.0668. The summed E-state index contributed by atoms with van der Waals surface area (Å²) in [4.78, 5) is 12.4. The molecule has 3 heterocycles. The summed E-state index contributed by atoms with van der Waals surface area (Å²) < 4.78 is 67.2. The molecule has 156 valence electrons. The molecule has 0 saturated carbocycles. The molecular formula is C18H18F3N3O4S. The molecule has 0 spiro atoms. The van der Waals surface area contributed by atoms with Crippen molar-refractivity contribution in [3.8, 4) is 11.3 Å². The van der Waals surface area contributed by atoms with Crippen LogP contribution in [0.1, 0.15) is 29.8 Å². The summed E-state index contributed by atoms with van der Waals surface area (Å²) in [6.07, 6.45) is 2.99. The molecule has 0 unspecified atom stereocenters. The van der Waals surface area contributed by atoms with E-state index < -0.39 is 15.5 Å². The number of nitrogens with one attached hydrogen (secondary N) is 3. The molecule has 3 atom stereocenters. The first-order chi connectivity index (χ1) is 13.6. The van der Waals surface area contributed by atoms with Crippen LogP contribution in [0.3, 0.4) is 0 Å². The molecule has 1 amide bonds. The van der Waals surface area contributed by atoms with Crippen LogP contribution in [0.2, 0.25) is 0 Å². The quantitative estimate of drug-likeness (QED) is 0.679. The number of anilines is 1. The molecule has 11 heteroatoms. The molecule has 2 aliphatic rings. The Labute approximate surface area is 164 Å². The molecule has 7 nitrogen and oxygen atoms in total. The van der Waals surface area contributed by atoms with Crippen molar-refractivity contribution in [3.05, 3.63) is 42.2 Å². The van der Waals surface area contributed by atoms with Crippen molar-refractivity contribution in [1.82, 2.24) is 10.6 Å². The van der Waals surface area contributed by atoms with Gasteiger partial charge in [0.25, 0.3) is 5.91 Å². The lowest BCUT2D eigenvalue weighted by Crippen LogP contribution is -2.42. The second-order valence-electron chi connectivity index (χ2n) is 7.16. The van der Waals surface area contributed by atoms with Crippen LogP contribution in [-0.4, -0.2) is 38.0 Å². The van der Waals surface area contributed by atoms with Crippen LogP contribution in [0.15, 0.2) is 40.8 Å². The van der Waals surface area contributed by atoms with Crippen LogP contribution in [0.4, 0.5) is 18.9 Å². The Hall–Kier alpha value is -2.53. The van der Waals surface area contributed by atoms with E-state index in [9.17, 15) is 26.4 Å². The van der Waals surface area contributed by atoms with Gasteiger partial charge in [0, 0.05) is 29.4 Å². The number of furan rings is 1. The largest absolute Gasteiger partial charge is 0.516 e. The van der Waals surface area contributed by atoms with Crippen LogP contribution in [0, 0.1) is 0 Å². The minimum atomic E-state index is -5.53. The van der Waals surface area contributed by atoms with Gasteiger partial charge in [-0.1, -0.05) is 12.1 Å². The molecule has 2 saturated heterocycles. The number of halogens is 3. The van der Waals surface area contributed by atoms with Crippen molar-refractivity contribution in [1.29, 1.82) is 0 Å². The summed E-state index contributed by atoms with van der Waals surface area (Å²) in [5, 5.41) is 6.36. The molecule has 4 rings (SSSR count). The van der Waals surface area contributed by atoms with E-state index in [4.69, 9.17) is 4.42 Å². The summed E-state index contributed by atoms with van der Waals surface area (Å²) >= 11 is 0. The maximum atomic E-state index is 12.5. The van der Waals surface area contributed by atoms with E-state index in [1.807, 2.05) is 0 Å². The van der Waals surface area contributed by atoms with Gasteiger partial charge in [0.1, 0.15) is 5.76 Å². The number of carbonyl (C=O) groups excluding carboxylic acids is 1. The zero-order chi connectivity index (χ0) is 20.8. The minimum Gasteiger partial charge on any atom is -0.451 e. The average molecular weight is 429 g/mol. The van der Waals surface area contributed by atoms with Gasteiger partial charge in [-0.25, -0.2) is 0 Å². The maximum Gasteiger partial charge on any atom is 0.516 e. The third-order valence-corrected chi connectivity index (χ3v) is 6.26. The second kappa shape index (κ2) is 7.06. The Bertz CT molecular complexity index is 1030. The van der Waals surface area contributed by atoms with E-state index in [1.165, 1.54) is 41.1 Å². The van der Waals surface area contributed by atoms with Gasteiger partial charge >= 0.3 is 15.5 Å². The van der Waals surface area contributed by atoms with E-state index in [0.29, 0.717) is 11.6 Å². The Morgan fingerprint density at radius 2 is 1.97 bits per heavy atom. The SMILES string of the molecule is O=C(N[C@@H]1C[C@H]2CC[C@@H]1N2)c1ccc(-c2cccc(NS(=O)(=O)C(F)(F)F)c2)o1. The molecule has 2 aromatic rings. The fourth-order valence-corrected chi connectivity index (χ4v) is 4.34. The third-order valence-electron chi connectivity index (χ3n) is 5.15. The molecule has 1 aromatic heterocycles. The summed E-state index contributed by atoms with van der Waals surface area (Å²) in [6.45, 7) is 0. The molecule has 1 aromatic carbocycles. The summed E-state index contributed by atoms with van der Waals surface area (Å²) in [5.41, 5.74) is -5.36. The van der Waals surface area contributed by atoms with Crippen molar-refractivity contribution in [2.24, 2.45) is 0 Å². The summed E-state index contributed by atoms with van der Waals surface area (Å²) in [6, 6.07) is 9.00. The molecule has 2 fully saturated rings. The fraction of sp³-hybridized carbons (Fsp3) is 0.389. The van der Waals surface area contributed by atoms with Crippen LogP contribution in [0.5, 0.6) is 0 Å². The van der Waals surface area contributed by atoms with Gasteiger partial charge in [0.15, 0.2) is 5.76 Å². The second-order valence-corrected chi connectivity index (χ2v) is 8.83. The van der Waals surface area contributed by atoms with Gasteiger partial charge in [-0.15, -0.1) is 0 Å². The predicted octanol–water partition coefficient (Wildman–Crippen LogP) is 2.83. The number of carbonyl (C=O) groups is 1. The standard InChI is InChI=1S/C18H18F3N3O4S/c19-18(20,21)29(26,27)24-12-3-1-2-10(8-12)15-6-7-16(28-15)17(25)23-14-9-11-4-5-13(14)22-11/h1-3,6-8,11,13-14,22,24H,4-5,9H2,(H,23,25)/t11-,13+,14-/m1/s1. The van der Waals surface area contributed by atoms with Crippen molar-refractivity contribution >= 4 is 21.6 Å². The normalized spacial score (nSPS) is 23.9. The van der Waals surface area contributed by atoms with Gasteiger partial charge in [-0.05, 0) is 43.5 Å². The highest BCUT2D eigenvalue weighted by atomic mass is 32.2. The number of benzene rings is 1.